The van der Waals surface area contributed by atoms with E-state index in [1.54, 1.807) is 16.8 Å². The molecule has 126 valence electrons. The van der Waals surface area contributed by atoms with E-state index in [4.69, 9.17) is 4.52 Å². The molecule has 2 heterocycles. The van der Waals surface area contributed by atoms with Gasteiger partial charge < -0.3 is 9.09 Å². The minimum Gasteiger partial charge on any atom is -0.339 e. The van der Waals surface area contributed by atoms with Gasteiger partial charge in [-0.1, -0.05) is 33.2 Å². The van der Waals surface area contributed by atoms with Crippen molar-refractivity contribution in [3.8, 4) is 0 Å². The van der Waals surface area contributed by atoms with Crippen molar-refractivity contribution in [1.82, 2.24) is 14.7 Å². The SMILES string of the molecule is O=c1ccccn1Cc1noc(C2CC23CCc2cc(Br)ccc23)n1. The van der Waals surface area contributed by atoms with E-state index in [1.165, 1.54) is 17.2 Å². The van der Waals surface area contributed by atoms with E-state index in [2.05, 4.69) is 44.3 Å². The predicted molar refractivity (Wildman–Crippen MR) is 95.6 cm³/mol. The summed E-state index contributed by atoms with van der Waals surface area (Å²) in [6.45, 7) is 0.340. The zero-order valence-corrected chi connectivity index (χ0v) is 15.1. The molecule has 5 nitrogen and oxygen atoms in total. The summed E-state index contributed by atoms with van der Waals surface area (Å²) < 4.78 is 8.26. The van der Waals surface area contributed by atoms with Crippen LogP contribution in [0.5, 0.6) is 0 Å². The van der Waals surface area contributed by atoms with Gasteiger partial charge in [0.05, 0.1) is 6.54 Å². The molecule has 0 amide bonds. The van der Waals surface area contributed by atoms with Crippen molar-refractivity contribution < 1.29 is 4.52 Å². The van der Waals surface area contributed by atoms with Crippen LogP contribution in [0.4, 0.5) is 0 Å². The van der Waals surface area contributed by atoms with Crippen molar-refractivity contribution >= 4 is 15.9 Å². The molecule has 0 aliphatic heterocycles. The third kappa shape index (κ3) is 2.39. The molecule has 0 saturated heterocycles. The summed E-state index contributed by atoms with van der Waals surface area (Å²) in [5.74, 6) is 1.55. The van der Waals surface area contributed by atoms with E-state index in [-0.39, 0.29) is 11.0 Å². The second-order valence-electron chi connectivity index (χ2n) is 6.93. The molecular formula is C19H16BrN3O2. The predicted octanol–water partition coefficient (Wildman–Crippen LogP) is 3.41. The molecular weight excluding hydrogens is 382 g/mol. The van der Waals surface area contributed by atoms with Crippen LogP contribution in [0.15, 0.2) is 56.4 Å². The first kappa shape index (κ1) is 15.1. The van der Waals surface area contributed by atoms with Gasteiger partial charge in [-0.25, -0.2) is 0 Å². The van der Waals surface area contributed by atoms with E-state index in [0.29, 0.717) is 24.2 Å². The second kappa shape index (κ2) is 5.39. The second-order valence-corrected chi connectivity index (χ2v) is 7.85. The Morgan fingerprint density at radius 3 is 3.12 bits per heavy atom. The van der Waals surface area contributed by atoms with Gasteiger partial charge in [-0.2, -0.15) is 4.98 Å². The lowest BCUT2D eigenvalue weighted by molar-refractivity contribution is 0.365. The van der Waals surface area contributed by atoms with Crippen LogP contribution in [0.3, 0.4) is 0 Å². The summed E-state index contributed by atoms with van der Waals surface area (Å²) in [5.41, 5.74) is 2.96. The molecule has 2 atom stereocenters. The minimum absolute atomic E-state index is 0.0629. The number of rotatable bonds is 3. The van der Waals surface area contributed by atoms with Gasteiger partial charge in [0.2, 0.25) is 5.89 Å². The maximum atomic E-state index is 11.8. The Bertz CT molecular complexity index is 1030. The number of aryl methyl sites for hydroxylation is 1. The number of benzene rings is 1. The number of hydrogen-bond donors (Lipinski definition) is 0. The fourth-order valence-corrected chi connectivity index (χ4v) is 4.58. The van der Waals surface area contributed by atoms with Crippen LogP contribution in [0.2, 0.25) is 0 Å². The molecule has 0 radical (unpaired) electrons. The van der Waals surface area contributed by atoms with Gasteiger partial charge in [-0.3, -0.25) is 4.79 Å². The van der Waals surface area contributed by atoms with E-state index in [9.17, 15) is 4.79 Å². The number of aromatic nitrogens is 3. The third-order valence-corrected chi connectivity index (χ3v) is 6.01. The summed E-state index contributed by atoms with van der Waals surface area (Å²) in [4.78, 5) is 16.4. The van der Waals surface area contributed by atoms with E-state index < -0.39 is 0 Å². The molecule has 2 aromatic heterocycles. The summed E-state index contributed by atoms with van der Waals surface area (Å²) in [6.07, 6.45) is 5.04. The van der Waals surface area contributed by atoms with Crippen molar-refractivity contribution in [3.63, 3.8) is 0 Å². The Morgan fingerprint density at radius 2 is 2.24 bits per heavy atom. The monoisotopic (exact) mass is 397 g/mol. The molecule has 1 spiro atoms. The van der Waals surface area contributed by atoms with Crippen molar-refractivity contribution in [1.29, 1.82) is 0 Å². The molecule has 1 saturated carbocycles. The molecule has 1 aromatic carbocycles. The Hall–Kier alpha value is -2.21. The lowest BCUT2D eigenvalue weighted by Gasteiger charge is -2.09. The third-order valence-electron chi connectivity index (χ3n) is 5.51. The average Bonchev–Trinajstić information content (AvgIpc) is 2.95. The quantitative estimate of drug-likeness (QED) is 0.679. The van der Waals surface area contributed by atoms with E-state index in [1.807, 2.05) is 6.07 Å². The lowest BCUT2D eigenvalue weighted by Crippen LogP contribution is -2.18. The minimum atomic E-state index is -0.0629. The smallest absolute Gasteiger partial charge is 0.250 e. The fourth-order valence-electron chi connectivity index (χ4n) is 4.17. The van der Waals surface area contributed by atoms with Crippen LogP contribution in [-0.4, -0.2) is 14.7 Å². The largest absolute Gasteiger partial charge is 0.339 e. The summed E-state index contributed by atoms with van der Waals surface area (Å²) in [7, 11) is 0. The molecule has 25 heavy (non-hydrogen) atoms. The standard InChI is InChI=1S/C19H16BrN3O2/c20-13-4-5-14-12(9-13)6-7-19(14)10-15(19)18-21-16(22-25-18)11-23-8-2-1-3-17(23)24/h1-5,8-9,15H,6-7,10-11H2. The van der Waals surface area contributed by atoms with Crippen molar-refractivity contribution in [3.05, 3.63) is 80.3 Å². The fraction of sp³-hybridized carbons (Fsp3) is 0.316. The number of pyridine rings is 1. The molecule has 2 unspecified atom stereocenters. The van der Waals surface area contributed by atoms with Gasteiger partial charge in [0.1, 0.15) is 0 Å². The Morgan fingerprint density at radius 1 is 1.32 bits per heavy atom. The molecule has 1 fully saturated rings. The van der Waals surface area contributed by atoms with E-state index in [0.717, 1.165) is 23.7 Å². The Labute approximate surface area is 152 Å². The van der Waals surface area contributed by atoms with Crippen molar-refractivity contribution in [2.24, 2.45) is 0 Å². The van der Waals surface area contributed by atoms with Crippen LogP contribution in [0.1, 0.15) is 41.6 Å². The van der Waals surface area contributed by atoms with Crippen molar-refractivity contribution in [2.75, 3.05) is 0 Å². The van der Waals surface area contributed by atoms with E-state index >= 15 is 0 Å². The van der Waals surface area contributed by atoms with Crippen LogP contribution >= 0.6 is 15.9 Å². The van der Waals surface area contributed by atoms with Crippen LogP contribution in [0, 0.1) is 0 Å². The van der Waals surface area contributed by atoms with Gasteiger partial charge in [0.25, 0.3) is 5.56 Å². The first-order valence-corrected chi connectivity index (χ1v) is 9.22. The topological polar surface area (TPSA) is 60.9 Å². The molecule has 0 N–H and O–H groups in total. The van der Waals surface area contributed by atoms with Gasteiger partial charge in [0, 0.05) is 28.1 Å². The number of nitrogens with zero attached hydrogens (tertiary/aromatic N) is 3. The highest BCUT2D eigenvalue weighted by Crippen LogP contribution is 2.66. The summed E-state index contributed by atoms with van der Waals surface area (Å²) in [5, 5.41) is 4.09. The normalized spacial score (nSPS) is 23.8. The molecule has 2 aliphatic carbocycles. The van der Waals surface area contributed by atoms with Gasteiger partial charge in [-0.05, 0) is 48.6 Å². The molecule has 6 heteroatoms. The highest BCUT2D eigenvalue weighted by atomic mass is 79.9. The number of hydrogen-bond acceptors (Lipinski definition) is 4. The summed E-state index contributed by atoms with van der Waals surface area (Å²) >= 11 is 3.55. The molecule has 2 aliphatic rings. The molecule has 0 bridgehead atoms. The Kier molecular flexibility index (Phi) is 3.25. The van der Waals surface area contributed by atoms with Crippen molar-refractivity contribution in [2.45, 2.75) is 37.1 Å². The lowest BCUT2D eigenvalue weighted by atomic mass is 9.95. The van der Waals surface area contributed by atoms with Crippen LogP contribution < -0.4 is 5.56 Å². The zero-order valence-electron chi connectivity index (χ0n) is 13.5. The Balaban J connectivity index is 1.40. The number of halogens is 1. The average molecular weight is 398 g/mol. The van der Waals surface area contributed by atoms with Crippen LogP contribution in [0.25, 0.3) is 0 Å². The summed E-state index contributed by atoms with van der Waals surface area (Å²) in [6, 6.07) is 11.6. The maximum absolute atomic E-state index is 11.8. The van der Waals surface area contributed by atoms with Gasteiger partial charge in [-0.15, -0.1) is 0 Å². The highest BCUT2D eigenvalue weighted by molar-refractivity contribution is 9.10. The first-order chi connectivity index (χ1) is 12.2. The maximum Gasteiger partial charge on any atom is 0.250 e. The van der Waals surface area contributed by atoms with Gasteiger partial charge >= 0.3 is 0 Å². The first-order valence-electron chi connectivity index (χ1n) is 8.43. The molecule has 5 rings (SSSR count). The highest BCUT2D eigenvalue weighted by Gasteiger charge is 2.61. The molecule has 3 aromatic rings. The number of fused-ring (bicyclic) bond motifs is 2. The van der Waals surface area contributed by atoms with Crippen LogP contribution in [-0.2, 0) is 18.4 Å². The zero-order chi connectivity index (χ0) is 17.0. The van der Waals surface area contributed by atoms with Gasteiger partial charge in [0.15, 0.2) is 5.82 Å².